The van der Waals surface area contributed by atoms with Crippen LogP contribution in [-0.4, -0.2) is 63.7 Å². The molecule has 1 amide bonds. The van der Waals surface area contributed by atoms with Gasteiger partial charge in [-0.3, -0.25) is 9.59 Å². The molecule has 0 spiro atoms. The number of nitrogens with one attached hydrogen (secondary N) is 1. The number of sulfonamides is 1. The van der Waals surface area contributed by atoms with E-state index in [9.17, 15) is 18.0 Å². The summed E-state index contributed by atoms with van der Waals surface area (Å²) < 4.78 is 31.7. The van der Waals surface area contributed by atoms with Gasteiger partial charge in [0.25, 0.3) is 5.91 Å². The predicted octanol–water partition coefficient (Wildman–Crippen LogP) is 0.548. The molecule has 0 saturated carbocycles. The molecule has 0 aliphatic carbocycles. The van der Waals surface area contributed by atoms with E-state index in [1.54, 1.807) is 0 Å². The van der Waals surface area contributed by atoms with E-state index in [1.165, 1.54) is 36.3 Å². The number of carboxylic acid groups (broad SMARTS) is 1. The highest BCUT2D eigenvalue weighted by Gasteiger charge is 2.29. The zero-order valence-corrected chi connectivity index (χ0v) is 14.8. The molecule has 8 nitrogen and oxygen atoms in total. The average Bonchev–Trinajstić information content (AvgIpc) is 2.61. The first kappa shape index (κ1) is 19.4. The van der Waals surface area contributed by atoms with Crippen LogP contribution < -0.4 is 4.72 Å². The molecule has 0 bridgehead atoms. The molecule has 1 atom stereocenters. The van der Waals surface area contributed by atoms with Crippen LogP contribution in [0.5, 0.6) is 0 Å². The van der Waals surface area contributed by atoms with Crippen molar-refractivity contribution in [2.45, 2.75) is 17.7 Å². The number of carbonyl (C=O) groups excluding carboxylic acids is 1. The number of benzene rings is 1. The zero-order chi connectivity index (χ0) is 18.4. The maximum absolute atomic E-state index is 12.6. The standard InChI is InChI=1S/C16H22N2O6S/c1-24-9-7-17-25(22,23)14-6-2-4-12(10-14)15(19)18-8-3-5-13(11-18)16(20)21/h2,4,6,10,13,17H,3,5,7-9,11H2,1H3,(H,20,21). The van der Waals surface area contributed by atoms with Crippen molar-refractivity contribution in [1.29, 1.82) is 0 Å². The van der Waals surface area contributed by atoms with E-state index < -0.39 is 21.9 Å². The van der Waals surface area contributed by atoms with Gasteiger partial charge in [0.15, 0.2) is 0 Å². The van der Waals surface area contributed by atoms with Crippen LogP contribution in [0, 0.1) is 5.92 Å². The van der Waals surface area contributed by atoms with Gasteiger partial charge in [-0.2, -0.15) is 0 Å². The lowest BCUT2D eigenvalue weighted by Gasteiger charge is -2.30. The largest absolute Gasteiger partial charge is 0.481 e. The number of ether oxygens (including phenoxy) is 1. The number of nitrogens with zero attached hydrogens (tertiary/aromatic N) is 1. The van der Waals surface area contributed by atoms with Crippen LogP contribution in [0.2, 0.25) is 0 Å². The normalized spacial score (nSPS) is 18.1. The molecule has 1 saturated heterocycles. The second-order valence-corrected chi connectivity index (χ2v) is 7.61. The van der Waals surface area contributed by atoms with Crippen LogP contribution in [0.1, 0.15) is 23.2 Å². The number of methoxy groups -OCH3 is 1. The van der Waals surface area contributed by atoms with Crippen molar-refractivity contribution in [3.8, 4) is 0 Å². The van der Waals surface area contributed by atoms with Crippen LogP contribution in [0.25, 0.3) is 0 Å². The van der Waals surface area contributed by atoms with Crippen molar-refractivity contribution in [3.63, 3.8) is 0 Å². The van der Waals surface area contributed by atoms with Gasteiger partial charge in [0.2, 0.25) is 10.0 Å². The van der Waals surface area contributed by atoms with E-state index >= 15 is 0 Å². The minimum Gasteiger partial charge on any atom is -0.481 e. The van der Waals surface area contributed by atoms with Crippen LogP contribution in [0.15, 0.2) is 29.2 Å². The minimum absolute atomic E-state index is 0.0127. The molecule has 2 rings (SSSR count). The van der Waals surface area contributed by atoms with E-state index in [0.717, 1.165) is 0 Å². The number of hydrogen-bond acceptors (Lipinski definition) is 5. The summed E-state index contributed by atoms with van der Waals surface area (Å²) in [5.74, 6) is -1.86. The van der Waals surface area contributed by atoms with Crippen molar-refractivity contribution in [2.75, 3.05) is 33.4 Å². The highest BCUT2D eigenvalue weighted by atomic mass is 32.2. The third-order valence-electron chi connectivity index (χ3n) is 4.05. The quantitative estimate of drug-likeness (QED) is 0.678. The van der Waals surface area contributed by atoms with E-state index in [4.69, 9.17) is 9.84 Å². The Labute approximate surface area is 146 Å². The number of rotatable bonds is 7. The van der Waals surface area contributed by atoms with Gasteiger partial charge in [0.1, 0.15) is 0 Å². The monoisotopic (exact) mass is 370 g/mol. The van der Waals surface area contributed by atoms with Crippen molar-refractivity contribution in [3.05, 3.63) is 29.8 Å². The van der Waals surface area contributed by atoms with E-state index in [-0.39, 0.29) is 36.1 Å². The fourth-order valence-electron chi connectivity index (χ4n) is 2.70. The van der Waals surface area contributed by atoms with Crippen LogP contribution in [0.3, 0.4) is 0 Å². The molecule has 1 unspecified atom stereocenters. The summed E-state index contributed by atoms with van der Waals surface area (Å²) in [4.78, 5) is 25.2. The second-order valence-electron chi connectivity index (χ2n) is 5.85. The highest BCUT2D eigenvalue weighted by molar-refractivity contribution is 7.89. The van der Waals surface area contributed by atoms with E-state index in [2.05, 4.69) is 4.72 Å². The van der Waals surface area contributed by atoms with Crippen molar-refractivity contribution >= 4 is 21.9 Å². The summed E-state index contributed by atoms with van der Waals surface area (Å²) in [5.41, 5.74) is 0.223. The predicted molar refractivity (Wildman–Crippen MR) is 89.8 cm³/mol. The molecular formula is C16H22N2O6S. The van der Waals surface area contributed by atoms with Gasteiger partial charge < -0.3 is 14.7 Å². The molecular weight excluding hydrogens is 348 g/mol. The summed E-state index contributed by atoms with van der Waals surface area (Å²) >= 11 is 0. The molecule has 25 heavy (non-hydrogen) atoms. The third kappa shape index (κ3) is 5.00. The summed E-state index contributed by atoms with van der Waals surface area (Å²) in [7, 11) is -2.27. The number of carboxylic acids is 1. The summed E-state index contributed by atoms with van der Waals surface area (Å²) in [6.45, 7) is 0.967. The fraction of sp³-hybridized carbons (Fsp3) is 0.500. The van der Waals surface area contributed by atoms with E-state index in [0.29, 0.717) is 19.4 Å². The Kier molecular flexibility index (Phi) is 6.51. The lowest BCUT2D eigenvalue weighted by atomic mass is 9.97. The lowest BCUT2D eigenvalue weighted by molar-refractivity contribution is -0.143. The number of hydrogen-bond donors (Lipinski definition) is 2. The summed E-state index contributed by atoms with van der Waals surface area (Å²) in [6.07, 6.45) is 1.15. The second kappa shape index (κ2) is 8.41. The molecule has 2 N–H and O–H groups in total. The van der Waals surface area contributed by atoms with Crippen molar-refractivity contribution < 1.29 is 27.9 Å². The van der Waals surface area contributed by atoms with Gasteiger partial charge >= 0.3 is 5.97 Å². The van der Waals surface area contributed by atoms with Gasteiger partial charge in [0.05, 0.1) is 17.4 Å². The van der Waals surface area contributed by atoms with E-state index in [1.807, 2.05) is 0 Å². The maximum Gasteiger partial charge on any atom is 0.308 e. The summed E-state index contributed by atoms with van der Waals surface area (Å²) in [5, 5.41) is 9.13. The number of piperidine rings is 1. The molecule has 1 fully saturated rings. The summed E-state index contributed by atoms with van der Waals surface area (Å²) in [6, 6.07) is 5.74. The highest BCUT2D eigenvalue weighted by Crippen LogP contribution is 2.20. The van der Waals surface area contributed by atoms with Crippen molar-refractivity contribution in [2.24, 2.45) is 5.92 Å². The first-order valence-electron chi connectivity index (χ1n) is 7.96. The Morgan fingerprint density at radius 1 is 1.40 bits per heavy atom. The van der Waals surface area contributed by atoms with Crippen molar-refractivity contribution in [1.82, 2.24) is 9.62 Å². The molecule has 1 aliphatic heterocycles. The Hall–Kier alpha value is -1.97. The number of likely N-dealkylation sites (tertiary alicyclic amines) is 1. The molecule has 0 aromatic heterocycles. The molecule has 1 aromatic carbocycles. The number of carbonyl (C=O) groups is 2. The molecule has 138 valence electrons. The fourth-order valence-corrected chi connectivity index (χ4v) is 3.76. The first-order valence-corrected chi connectivity index (χ1v) is 9.44. The maximum atomic E-state index is 12.6. The molecule has 1 aliphatic rings. The Bertz CT molecular complexity index is 734. The SMILES string of the molecule is COCCNS(=O)(=O)c1cccc(C(=O)N2CCCC(C(=O)O)C2)c1. The van der Waals surface area contributed by atoms with Gasteiger partial charge in [-0.1, -0.05) is 6.07 Å². The Balaban J connectivity index is 2.15. The molecule has 9 heteroatoms. The average molecular weight is 370 g/mol. The lowest BCUT2D eigenvalue weighted by Crippen LogP contribution is -2.42. The van der Waals surface area contributed by atoms with Gasteiger partial charge in [-0.15, -0.1) is 0 Å². The molecule has 1 aromatic rings. The van der Waals surface area contributed by atoms with Gasteiger partial charge in [0, 0.05) is 32.3 Å². The van der Waals surface area contributed by atoms with Crippen LogP contribution >= 0.6 is 0 Å². The number of aliphatic carboxylic acids is 1. The number of amides is 1. The first-order chi connectivity index (χ1) is 11.8. The Morgan fingerprint density at radius 2 is 2.16 bits per heavy atom. The zero-order valence-electron chi connectivity index (χ0n) is 14.0. The van der Waals surface area contributed by atoms with Gasteiger partial charge in [-0.25, -0.2) is 13.1 Å². The Morgan fingerprint density at radius 3 is 2.84 bits per heavy atom. The minimum atomic E-state index is -3.74. The third-order valence-corrected chi connectivity index (χ3v) is 5.51. The smallest absolute Gasteiger partial charge is 0.308 e. The molecule has 1 heterocycles. The topological polar surface area (TPSA) is 113 Å². The van der Waals surface area contributed by atoms with Gasteiger partial charge in [-0.05, 0) is 31.0 Å². The molecule has 0 radical (unpaired) electrons. The van der Waals surface area contributed by atoms with Crippen LogP contribution in [-0.2, 0) is 19.6 Å². The van der Waals surface area contributed by atoms with Crippen LogP contribution in [0.4, 0.5) is 0 Å².